The maximum Gasteiger partial charge on any atom is 1.00 e. The van der Waals surface area contributed by atoms with E-state index in [-0.39, 0.29) is 40.6 Å². The Bertz CT molecular complexity index is 151. The first kappa shape index (κ1) is 12.6. The zero-order valence-corrected chi connectivity index (χ0v) is 7.38. The van der Waals surface area contributed by atoms with Gasteiger partial charge >= 0.3 is 37.7 Å². The number of hydrogen-bond donors (Lipinski definition) is 0. The molecule has 0 spiro atoms. The van der Waals surface area contributed by atoms with Crippen LogP contribution in [0.1, 0.15) is 12.6 Å². The fourth-order valence-electron chi connectivity index (χ4n) is 0.557. The van der Waals surface area contributed by atoms with Crippen LogP contribution in [0.2, 0.25) is 0 Å². The van der Waals surface area contributed by atoms with Crippen LogP contribution in [-0.4, -0.2) is 0 Å². The maximum absolute atomic E-state index is 2.14. The topological polar surface area (TPSA) is 0 Å². The molecule has 0 saturated carbocycles. The fourth-order valence-corrected chi connectivity index (χ4v) is 1.34. The molecule has 1 aromatic heterocycles. The fraction of sp³-hybridized carbons (Fsp3) is 0.333. The predicted molar refractivity (Wildman–Crippen MR) is 36.0 cm³/mol. The minimum Gasteiger partial charge on any atom is -1.00 e. The number of thiophene rings is 1. The molecule has 0 N–H and O–H groups in total. The summed E-state index contributed by atoms with van der Waals surface area (Å²) >= 11 is 1.84. The summed E-state index contributed by atoms with van der Waals surface area (Å²) in [5.41, 5.74) is 0. The molecule has 0 bridgehead atoms. The summed E-state index contributed by atoms with van der Waals surface area (Å²) in [6.45, 7) is 4.25. The molecule has 42 valence electrons. The smallest absolute Gasteiger partial charge is 1.00 e. The third-order valence-electron chi connectivity index (χ3n) is 0.875. The van der Waals surface area contributed by atoms with E-state index in [9.17, 15) is 0 Å². The molecular weight excluding hydrogens is 118 g/mol. The summed E-state index contributed by atoms with van der Waals surface area (Å²) in [5, 5.41) is 0. The van der Waals surface area contributed by atoms with Crippen LogP contribution in [0.5, 0.6) is 0 Å². The van der Waals surface area contributed by atoms with Gasteiger partial charge in [0.05, 0.1) is 0 Å². The molecule has 1 aromatic rings. The predicted octanol–water partition coefficient (Wildman–Crippen LogP) is -3.40. The molecule has 0 aliphatic heterocycles. The standard InChI is InChI=1S/C6H8S.2Li.2H/c1-5-3-4-6(2)7-5;;;;/h3-4H,1-2H3;;;;/q;2*+1;2*-1. The average Bonchev–Trinajstić information content (AvgIpc) is 1.87. The summed E-state index contributed by atoms with van der Waals surface area (Å²) < 4.78 is 0. The van der Waals surface area contributed by atoms with Crippen molar-refractivity contribution in [3.8, 4) is 0 Å². The van der Waals surface area contributed by atoms with Crippen molar-refractivity contribution in [1.29, 1.82) is 0 Å². The van der Waals surface area contributed by atoms with Crippen LogP contribution in [0, 0.1) is 13.8 Å². The zero-order valence-electron chi connectivity index (χ0n) is 8.56. The third-order valence-corrected chi connectivity index (χ3v) is 1.79. The monoisotopic (exact) mass is 128 g/mol. The Morgan fingerprint density at radius 1 is 1.11 bits per heavy atom. The Hall–Kier alpha value is 0.895. The second-order valence-corrected chi connectivity index (χ2v) is 3.15. The van der Waals surface area contributed by atoms with Gasteiger partial charge in [-0.25, -0.2) is 0 Å². The molecule has 0 saturated heterocycles. The van der Waals surface area contributed by atoms with Crippen molar-refractivity contribution in [2.45, 2.75) is 13.8 Å². The minimum absolute atomic E-state index is 0. The van der Waals surface area contributed by atoms with Crippen LogP contribution in [0.15, 0.2) is 12.1 Å². The van der Waals surface area contributed by atoms with Crippen LogP contribution < -0.4 is 37.7 Å². The Morgan fingerprint density at radius 3 is 1.56 bits per heavy atom. The molecule has 0 aliphatic carbocycles. The minimum atomic E-state index is 0. The molecule has 0 fully saturated rings. The number of rotatable bonds is 0. The normalized spacial score (nSPS) is 7.33. The molecule has 3 heteroatoms. The molecule has 1 heterocycles. The van der Waals surface area contributed by atoms with Crippen LogP contribution in [0.3, 0.4) is 0 Å². The van der Waals surface area contributed by atoms with E-state index in [4.69, 9.17) is 0 Å². The van der Waals surface area contributed by atoms with E-state index >= 15 is 0 Å². The van der Waals surface area contributed by atoms with Crippen molar-refractivity contribution in [3.63, 3.8) is 0 Å². The van der Waals surface area contributed by atoms with Crippen LogP contribution in [-0.2, 0) is 0 Å². The Labute approximate surface area is 87.4 Å². The molecule has 0 atom stereocenters. The van der Waals surface area contributed by atoms with Gasteiger partial charge in [-0.15, -0.1) is 11.3 Å². The third kappa shape index (κ3) is 4.32. The summed E-state index contributed by atoms with van der Waals surface area (Å²) in [4.78, 5) is 2.80. The van der Waals surface area contributed by atoms with Crippen molar-refractivity contribution >= 4 is 11.3 Å². The van der Waals surface area contributed by atoms with Gasteiger partial charge in [0, 0.05) is 9.75 Å². The SMILES string of the molecule is Cc1ccc(C)s1.[H-].[H-].[Li+].[Li+]. The number of aryl methyl sites for hydroxylation is 2. The van der Waals surface area contributed by atoms with E-state index in [1.54, 1.807) is 0 Å². The zero-order chi connectivity index (χ0) is 5.28. The van der Waals surface area contributed by atoms with Gasteiger partial charge in [0.1, 0.15) is 0 Å². The molecule has 1 rings (SSSR count). The second-order valence-electron chi connectivity index (χ2n) is 1.66. The van der Waals surface area contributed by atoms with Crippen LogP contribution in [0.4, 0.5) is 0 Å². The second kappa shape index (κ2) is 5.66. The van der Waals surface area contributed by atoms with E-state index in [1.165, 1.54) is 9.75 Å². The van der Waals surface area contributed by atoms with Crippen molar-refractivity contribution in [2.75, 3.05) is 0 Å². The summed E-state index contributed by atoms with van der Waals surface area (Å²) in [6, 6.07) is 4.28. The van der Waals surface area contributed by atoms with Gasteiger partial charge in [0.15, 0.2) is 0 Å². The first-order valence-corrected chi connectivity index (χ1v) is 3.14. The summed E-state index contributed by atoms with van der Waals surface area (Å²) in [6.07, 6.45) is 0. The van der Waals surface area contributed by atoms with Crippen molar-refractivity contribution in [1.82, 2.24) is 0 Å². The quantitative estimate of drug-likeness (QED) is 0.319. The molecule has 0 aromatic carbocycles. The summed E-state index contributed by atoms with van der Waals surface area (Å²) in [7, 11) is 0. The van der Waals surface area contributed by atoms with E-state index < -0.39 is 0 Å². The van der Waals surface area contributed by atoms with Gasteiger partial charge in [-0.3, -0.25) is 0 Å². The van der Waals surface area contributed by atoms with Crippen molar-refractivity contribution in [2.24, 2.45) is 0 Å². The van der Waals surface area contributed by atoms with Gasteiger partial charge in [-0.1, -0.05) is 0 Å². The van der Waals surface area contributed by atoms with Crippen LogP contribution >= 0.6 is 11.3 Å². The van der Waals surface area contributed by atoms with Gasteiger partial charge in [-0.2, -0.15) is 0 Å². The molecule has 0 radical (unpaired) electrons. The molecule has 0 aliphatic rings. The maximum atomic E-state index is 2.14. The first-order chi connectivity index (χ1) is 3.29. The first-order valence-electron chi connectivity index (χ1n) is 2.32. The van der Waals surface area contributed by atoms with Gasteiger partial charge in [0.2, 0.25) is 0 Å². The molecular formula is C6H10Li2S. The Kier molecular flexibility index (Phi) is 7.90. The molecule has 0 amide bonds. The van der Waals surface area contributed by atoms with E-state index in [2.05, 4.69) is 26.0 Å². The number of hydrogen-bond acceptors (Lipinski definition) is 1. The van der Waals surface area contributed by atoms with Crippen molar-refractivity contribution in [3.05, 3.63) is 21.9 Å². The summed E-state index contributed by atoms with van der Waals surface area (Å²) in [5.74, 6) is 0. The van der Waals surface area contributed by atoms with Gasteiger partial charge in [0.25, 0.3) is 0 Å². The van der Waals surface area contributed by atoms with Crippen LogP contribution in [0.25, 0.3) is 0 Å². The largest absolute Gasteiger partial charge is 1.00 e. The van der Waals surface area contributed by atoms with E-state index in [1.807, 2.05) is 11.3 Å². The van der Waals surface area contributed by atoms with Gasteiger partial charge in [-0.05, 0) is 26.0 Å². The molecule has 9 heavy (non-hydrogen) atoms. The Balaban J connectivity index is -0.0000000612. The Morgan fingerprint density at radius 2 is 1.44 bits per heavy atom. The molecule has 0 unspecified atom stereocenters. The average molecular weight is 128 g/mol. The van der Waals surface area contributed by atoms with Crippen molar-refractivity contribution < 1.29 is 40.6 Å². The van der Waals surface area contributed by atoms with Gasteiger partial charge < -0.3 is 2.85 Å². The molecule has 0 nitrogen and oxygen atoms in total. The van der Waals surface area contributed by atoms with E-state index in [0.717, 1.165) is 0 Å². The van der Waals surface area contributed by atoms with E-state index in [0.29, 0.717) is 0 Å².